The van der Waals surface area contributed by atoms with E-state index in [0.717, 1.165) is 31.6 Å². The van der Waals surface area contributed by atoms with Crippen LogP contribution in [0.1, 0.15) is 30.5 Å². The van der Waals surface area contributed by atoms with E-state index < -0.39 is 0 Å². The third-order valence-corrected chi connectivity index (χ3v) is 4.34. The third-order valence-electron chi connectivity index (χ3n) is 4.34. The maximum Gasteiger partial charge on any atom is 0.238 e. The zero-order chi connectivity index (χ0) is 16.2. The minimum absolute atomic E-state index is 0.0514. The molecule has 1 amide bonds. The van der Waals surface area contributed by atoms with Gasteiger partial charge >= 0.3 is 0 Å². The van der Waals surface area contributed by atoms with Crippen molar-refractivity contribution in [2.24, 2.45) is 0 Å². The van der Waals surface area contributed by atoms with Crippen molar-refractivity contribution in [1.29, 1.82) is 0 Å². The molecule has 1 fully saturated rings. The van der Waals surface area contributed by atoms with E-state index in [0.29, 0.717) is 12.6 Å². The first-order valence-electron chi connectivity index (χ1n) is 8.26. The lowest BCUT2D eigenvalue weighted by atomic mass is 10.1. The van der Waals surface area contributed by atoms with Crippen molar-refractivity contribution in [3.8, 4) is 0 Å². The molecule has 1 aliphatic heterocycles. The molecular weight excluding hydrogens is 288 g/mol. The van der Waals surface area contributed by atoms with Crippen molar-refractivity contribution < 1.29 is 4.79 Å². The Kier molecular flexibility index (Phi) is 4.76. The first-order valence-corrected chi connectivity index (χ1v) is 8.26. The van der Waals surface area contributed by atoms with Gasteiger partial charge in [0, 0.05) is 25.0 Å². The number of nitrogens with zero attached hydrogens (tertiary/aromatic N) is 3. The average Bonchev–Trinajstić information content (AvgIpc) is 3.16. The summed E-state index contributed by atoms with van der Waals surface area (Å²) in [7, 11) is 0. The molecule has 5 heteroatoms. The van der Waals surface area contributed by atoms with E-state index in [9.17, 15) is 4.79 Å². The van der Waals surface area contributed by atoms with E-state index in [2.05, 4.69) is 34.5 Å². The number of amides is 1. The van der Waals surface area contributed by atoms with Crippen LogP contribution in [0.5, 0.6) is 0 Å². The van der Waals surface area contributed by atoms with Gasteiger partial charge in [-0.25, -0.2) is 0 Å². The summed E-state index contributed by atoms with van der Waals surface area (Å²) in [6, 6.07) is 8.42. The molecule has 0 unspecified atom stereocenters. The molecule has 0 aliphatic carbocycles. The number of aromatic nitrogens is 2. The van der Waals surface area contributed by atoms with Crippen LogP contribution >= 0.6 is 0 Å². The lowest BCUT2D eigenvalue weighted by Gasteiger charge is -2.16. The molecule has 1 aliphatic rings. The quantitative estimate of drug-likeness (QED) is 0.923. The third kappa shape index (κ3) is 3.99. The van der Waals surface area contributed by atoms with Crippen LogP contribution in [0, 0.1) is 6.92 Å². The Morgan fingerprint density at radius 1 is 1.43 bits per heavy atom. The van der Waals surface area contributed by atoms with Gasteiger partial charge < -0.3 is 5.32 Å². The fourth-order valence-corrected chi connectivity index (χ4v) is 3.08. The molecule has 2 aromatic rings. The molecule has 122 valence electrons. The normalized spacial score (nSPS) is 18.3. The molecule has 0 radical (unpaired) electrons. The summed E-state index contributed by atoms with van der Waals surface area (Å²) in [6.07, 6.45) is 5.97. The highest BCUT2D eigenvalue weighted by molar-refractivity contribution is 5.92. The van der Waals surface area contributed by atoms with Gasteiger partial charge in [0.15, 0.2) is 0 Å². The van der Waals surface area contributed by atoms with Crippen LogP contribution in [0.3, 0.4) is 0 Å². The lowest BCUT2D eigenvalue weighted by molar-refractivity contribution is -0.117. The summed E-state index contributed by atoms with van der Waals surface area (Å²) < 4.78 is 2.03. The number of hydrogen-bond acceptors (Lipinski definition) is 3. The van der Waals surface area contributed by atoms with Crippen LogP contribution in [0.15, 0.2) is 36.7 Å². The van der Waals surface area contributed by atoms with Crippen LogP contribution < -0.4 is 5.32 Å². The lowest BCUT2D eigenvalue weighted by Crippen LogP contribution is -2.31. The number of nitrogens with one attached hydrogen (secondary N) is 1. The van der Waals surface area contributed by atoms with Gasteiger partial charge in [-0.2, -0.15) is 5.10 Å². The van der Waals surface area contributed by atoms with Gasteiger partial charge in [0.25, 0.3) is 0 Å². The molecule has 0 saturated carbocycles. The standard InChI is InChI=1S/C18H24N4O/c1-3-15-5-4-6-16(9-15)20-18(23)13-21-8-7-17(12-21)22-11-14(2)10-19-22/h4-6,9-11,17H,3,7-8,12-13H2,1-2H3,(H,20,23)/t17-/m0/s1. The van der Waals surface area contributed by atoms with Crippen LogP contribution in [-0.2, 0) is 11.2 Å². The Morgan fingerprint density at radius 3 is 3.04 bits per heavy atom. The van der Waals surface area contributed by atoms with E-state index in [1.807, 2.05) is 36.0 Å². The number of hydrogen-bond donors (Lipinski definition) is 1. The molecule has 23 heavy (non-hydrogen) atoms. The first kappa shape index (κ1) is 15.7. The number of benzene rings is 1. The van der Waals surface area contributed by atoms with E-state index >= 15 is 0 Å². The van der Waals surface area contributed by atoms with Gasteiger partial charge in [-0.05, 0) is 43.0 Å². The fraction of sp³-hybridized carbons (Fsp3) is 0.444. The van der Waals surface area contributed by atoms with Crippen molar-refractivity contribution in [3.05, 3.63) is 47.8 Å². The van der Waals surface area contributed by atoms with Crippen LogP contribution in [0.25, 0.3) is 0 Å². The van der Waals surface area contributed by atoms with Gasteiger partial charge in [-0.3, -0.25) is 14.4 Å². The highest BCUT2D eigenvalue weighted by Crippen LogP contribution is 2.21. The summed E-state index contributed by atoms with van der Waals surface area (Å²) in [5.41, 5.74) is 3.29. The zero-order valence-corrected chi connectivity index (χ0v) is 13.8. The summed E-state index contributed by atoms with van der Waals surface area (Å²) >= 11 is 0. The summed E-state index contributed by atoms with van der Waals surface area (Å²) in [6.45, 7) is 6.42. The second-order valence-electron chi connectivity index (χ2n) is 6.28. The van der Waals surface area contributed by atoms with Gasteiger partial charge in [0.2, 0.25) is 5.91 Å². The minimum Gasteiger partial charge on any atom is -0.325 e. The molecule has 1 atom stereocenters. The Morgan fingerprint density at radius 2 is 2.30 bits per heavy atom. The predicted molar refractivity (Wildman–Crippen MR) is 91.5 cm³/mol. The van der Waals surface area contributed by atoms with Crippen molar-refractivity contribution in [2.75, 3.05) is 25.0 Å². The summed E-state index contributed by atoms with van der Waals surface area (Å²) in [5, 5.41) is 7.39. The smallest absolute Gasteiger partial charge is 0.238 e. The molecule has 1 aromatic heterocycles. The van der Waals surface area contributed by atoms with E-state index in [4.69, 9.17) is 0 Å². The van der Waals surface area contributed by atoms with Crippen LogP contribution in [-0.4, -0.2) is 40.2 Å². The molecule has 0 bridgehead atoms. The number of rotatable bonds is 5. The Labute approximate surface area is 137 Å². The number of anilines is 1. The molecule has 1 N–H and O–H groups in total. The zero-order valence-electron chi connectivity index (χ0n) is 13.8. The maximum absolute atomic E-state index is 12.2. The monoisotopic (exact) mass is 312 g/mol. The topological polar surface area (TPSA) is 50.2 Å². The molecule has 0 spiro atoms. The molecular formula is C18H24N4O. The highest BCUT2D eigenvalue weighted by Gasteiger charge is 2.25. The molecule has 5 nitrogen and oxygen atoms in total. The first-order chi connectivity index (χ1) is 11.1. The molecule has 3 rings (SSSR count). The average molecular weight is 312 g/mol. The Balaban J connectivity index is 1.52. The van der Waals surface area contributed by atoms with E-state index in [-0.39, 0.29) is 5.91 Å². The minimum atomic E-state index is 0.0514. The molecule has 1 saturated heterocycles. The Hall–Kier alpha value is -2.14. The fourth-order valence-electron chi connectivity index (χ4n) is 3.08. The van der Waals surface area contributed by atoms with Gasteiger partial charge in [0.05, 0.1) is 18.8 Å². The predicted octanol–water partition coefficient (Wildman–Crippen LogP) is 2.64. The second kappa shape index (κ2) is 6.96. The SMILES string of the molecule is CCc1cccc(NC(=O)CN2CC[C@H](n3cc(C)cn3)C2)c1. The van der Waals surface area contributed by atoms with Crippen LogP contribution in [0.4, 0.5) is 5.69 Å². The van der Waals surface area contributed by atoms with E-state index in [1.54, 1.807) is 0 Å². The van der Waals surface area contributed by atoms with Gasteiger partial charge in [-0.15, -0.1) is 0 Å². The van der Waals surface area contributed by atoms with Crippen molar-refractivity contribution >= 4 is 11.6 Å². The van der Waals surface area contributed by atoms with Crippen LogP contribution in [0.2, 0.25) is 0 Å². The van der Waals surface area contributed by atoms with Gasteiger partial charge in [-0.1, -0.05) is 19.1 Å². The number of aryl methyl sites for hydroxylation is 2. The molecule has 1 aromatic carbocycles. The summed E-state index contributed by atoms with van der Waals surface area (Å²) in [5.74, 6) is 0.0514. The van der Waals surface area contributed by atoms with Gasteiger partial charge in [0.1, 0.15) is 0 Å². The Bertz CT molecular complexity index is 679. The van der Waals surface area contributed by atoms with Crippen molar-refractivity contribution in [1.82, 2.24) is 14.7 Å². The maximum atomic E-state index is 12.2. The highest BCUT2D eigenvalue weighted by atomic mass is 16.2. The number of likely N-dealkylation sites (tertiary alicyclic amines) is 1. The number of carbonyl (C=O) groups is 1. The van der Waals surface area contributed by atoms with Crippen molar-refractivity contribution in [3.63, 3.8) is 0 Å². The van der Waals surface area contributed by atoms with E-state index in [1.165, 1.54) is 11.1 Å². The molecule has 2 heterocycles. The number of carbonyl (C=O) groups excluding carboxylic acids is 1. The largest absolute Gasteiger partial charge is 0.325 e. The van der Waals surface area contributed by atoms with Crippen molar-refractivity contribution in [2.45, 2.75) is 32.7 Å². The second-order valence-corrected chi connectivity index (χ2v) is 6.28. The summed E-state index contributed by atoms with van der Waals surface area (Å²) in [4.78, 5) is 14.4.